The van der Waals surface area contributed by atoms with Crippen LogP contribution in [0.3, 0.4) is 0 Å². The highest BCUT2D eigenvalue weighted by Crippen LogP contribution is 2.28. The molecule has 15 heavy (non-hydrogen) atoms. The minimum absolute atomic E-state index is 0.642. The lowest BCUT2D eigenvalue weighted by atomic mass is 10.1. The summed E-state index contributed by atoms with van der Waals surface area (Å²) in [4.78, 5) is 2.39. The van der Waals surface area contributed by atoms with Gasteiger partial charge in [-0.15, -0.1) is 0 Å². The summed E-state index contributed by atoms with van der Waals surface area (Å²) in [5.74, 6) is 0.642. The number of hydrogen-bond donors (Lipinski definition) is 1. The average molecular weight is 225 g/mol. The Morgan fingerprint density at radius 3 is 3.00 bits per heavy atom. The third-order valence-corrected chi connectivity index (χ3v) is 3.37. The first kappa shape index (κ1) is 10.8. The quantitative estimate of drug-likeness (QED) is 0.836. The molecule has 0 aromatic heterocycles. The second kappa shape index (κ2) is 4.42. The molecule has 0 saturated carbocycles. The highest BCUT2D eigenvalue weighted by Gasteiger charge is 2.22. The van der Waals surface area contributed by atoms with Crippen LogP contribution in [0.2, 0.25) is 5.02 Å². The molecule has 1 aliphatic heterocycles. The van der Waals surface area contributed by atoms with Gasteiger partial charge in [-0.1, -0.05) is 17.7 Å². The Labute approximate surface area is 96.0 Å². The van der Waals surface area contributed by atoms with Crippen LogP contribution in [0.5, 0.6) is 0 Å². The highest BCUT2D eigenvalue weighted by atomic mass is 35.5. The molecule has 0 bridgehead atoms. The summed E-state index contributed by atoms with van der Waals surface area (Å²) in [7, 11) is 0. The van der Waals surface area contributed by atoms with Crippen LogP contribution in [0.4, 0.5) is 5.69 Å². The Morgan fingerprint density at radius 2 is 2.33 bits per heavy atom. The Morgan fingerprint density at radius 1 is 1.53 bits per heavy atom. The van der Waals surface area contributed by atoms with Crippen LogP contribution in [0, 0.1) is 12.8 Å². The van der Waals surface area contributed by atoms with Crippen LogP contribution in [0.25, 0.3) is 0 Å². The Bertz CT molecular complexity index is 351. The second-order valence-electron chi connectivity index (χ2n) is 4.27. The summed E-state index contributed by atoms with van der Waals surface area (Å²) in [6.45, 7) is 5.08. The molecule has 1 heterocycles. The molecular weight excluding hydrogens is 208 g/mol. The number of rotatable bonds is 2. The molecule has 2 rings (SSSR count). The molecule has 0 radical (unpaired) electrons. The van der Waals surface area contributed by atoms with Gasteiger partial charge < -0.3 is 10.6 Å². The fourth-order valence-electron chi connectivity index (χ4n) is 2.17. The summed E-state index contributed by atoms with van der Waals surface area (Å²) in [5, 5.41) is 0.812. The zero-order chi connectivity index (χ0) is 10.8. The first-order valence-electron chi connectivity index (χ1n) is 5.42. The van der Waals surface area contributed by atoms with Crippen molar-refractivity contribution in [3.05, 3.63) is 28.8 Å². The van der Waals surface area contributed by atoms with Crippen LogP contribution in [-0.4, -0.2) is 19.6 Å². The highest BCUT2D eigenvalue weighted by molar-refractivity contribution is 6.30. The third kappa shape index (κ3) is 2.27. The van der Waals surface area contributed by atoms with Crippen molar-refractivity contribution in [1.82, 2.24) is 0 Å². The van der Waals surface area contributed by atoms with Crippen molar-refractivity contribution in [2.24, 2.45) is 11.7 Å². The summed E-state index contributed by atoms with van der Waals surface area (Å²) >= 11 is 6.01. The maximum Gasteiger partial charge on any atom is 0.0426 e. The summed E-state index contributed by atoms with van der Waals surface area (Å²) in [6, 6.07) is 6.07. The summed E-state index contributed by atoms with van der Waals surface area (Å²) in [6.07, 6.45) is 1.20. The lowest BCUT2D eigenvalue weighted by Gasteiger charge is -2.21. The van der Waals surface area contributed by atoms with E-state index in [1.54, 1.807) is 0 Å². The van der Waals surface area contributed by atoms with Gasteiger partial charge in [-0.05, 0) is 43.5 Å². The standard InChI is InChI=1S/C12H17ClN2/c1-9-2-3-11(13)6-12(9)15-5-4-10(7-14)8-15/h2-3,6,10H,4-5,7-8,14H2,1H3/t10-/m1/s1. The minimum Gasteiger partial charge on any atom is -0.371 e. The topological polar surface area (TPSA) is 29.3 Å². The van der Waals surface area contributed by atoms with Crippen LogP contribution in [0.1, 0.15) is 12.0 Å². The molecule has 2 nitrogen and oxygen atoms in total. The van der Waals surface area contributed by atoms with E-state index in [0.29, 0.717) is 5.92 Å². The fraction of sp³-hybridized carbons (Fsp3) is 0.500. The van der Waals surface area contributed by atoms with Gasteiger partial charge in [0.25, 0.3) is 0 Å². The Kier molecular flexibility index (Phi) is 3.17. The van der Waals surface area contributed by atoms with E-state index in [9.17, 15) is 0 Å². The first-order chi connectivity index (χ1) is 7.20. The molecule has 1 saturated heterocycles. The first-order valence-corrected chi connectivity index (χ1v) is 5.79. The van der Waals surface area contributed by atoms with E-state index in [4.69, 9.17) is 17.3 Å². The van der Waals surface area contributed by atoms with E-state index in [1.165, 1.54) is 17.7 Å². The predicted octanol–water partition coefficient (Wildman–Crippen LogP) is 2.43. The van der Waals surface area contributed by atoms with E-state index >= 15 is 0 Å². The van der Waals surface area contributed by atoms with Gasteiger partial charge in [0.2, 0.25) is 0 Å². The smallest absolute Gasteiger partial charge is 0.0426 e. The van der Waals surface area contributed by atoms with Gasteiger partial charge in [-0.25, -0.2) is 0 Å². The fourth-order valence-corrected chi connectivity index (χ4v) is 2.33. The van der Waals surface area contributed by atoms with Crippen LogP contribution >= 0.6 is 11.6 Å². The molecule has 0 aliphatic carbocycles. The molecule has 1 aliphatic rings. The second-order valence-corrected chi connectivity index (χ2v) is 4.70. The molecule has 0 unspecified atom stereocenters. The zero-order valence-corrected chi connectivity index (χ0v) is 9.80. The molecule has 1 fully saturated rings. The van der Waals surface area contributed by atoms with Gasteiger partial charge in [0.05, 0.1) is 0 Å². The molecule has 1 atom stereocenters. The van der Waals surface area contributed by atoms with Crippen LogP contribution < -0.4 is 10.6 Å². The maximum atomic E-state index is 6.01. The van der Waals surface area contributed by atoms with Gasteiger partial charge in [0, 0.05) is 23.8 Å². The van der Waals surface area contributed by atoms with Crippen molar-refractivity contribution < 1.29 is 0 Å². The van der Waals surface area contributed by atoms with Gasteiger partial charge in [-0.2, -0.15) is 0 Å². The largest absolute Gasteiger partial charge is 0.371 e. The van der Waals surface area contributed by atoms with Crippen LogP contribution in [-0.2, 0) is 0 Å². The number of anilines is 1. The predicted molar refractivity (Wildman–Crippen MR) is 65.6 cm³/mol. The van der Waals surface area contributed by atoms with E-state index in [0.717, 1.165) is 24.7 Å². The molecule has 2 N–H and O–H groups in total. The van der Waals surface area contributed by atoms with E-state index < -0.39 is 0 Å². The molecule has 1 aromatic carbocycles. The van der Waals surface area contributed by atoms with Gasteiger partial charge in [0.1, 0.15) is 0 Å². The van der Waals surface area contributed by atoms with E-state index in [-0.39, 0.29) is 0 Å². The SMILES string of the molecule is Cc1ccc(Cl)cc1N1CC[C@H](CN)C1. The third-order valence-electron chi connectivity index (χ3n) is 3.13. The summed E-state index contributed by atoms with van der Waals surface area (Å²) in [5.41, 5.74) is 8.24. The normalized spacial score (nSPS) is 21.0. The minimum atomic E-state index is 0.642. The number of halogens is 1. The van der Waals surface area contributed by atoms with Crippen molar-refractivity contribution in [3.63, 3.8) is 0 Å². The molecule has 0 amide bonds. The van der Waals surface area contributed by atoms with E-state index in [1.807, 2.05) is 6.07 Å². The lowest BCUT2D eigenvalue weighted by Crippen LogP contribution is -2.23. The van der Waals surface area contributed by atoms with Crippen molar-refractivity contribution >= 4 is 17.3 Å². The number of hydrogen-bond acceptors (Lipinski definition) is 2. The molecule has 3 heteroatoms. The number of nitrogens with two attached hydrogens (primary N) is 1. The summed E-state index contributed by atoms with van der Waals surface area (Å²) < 4.78 is 0. The van der Waals surface area contributed by atoms with Gasteiger partial charge in [0.15, 0.2) is 0 Å². The van der Waals surface area contributed by atoms with Crippen molar-refractivity contribution in [1.29, 1.82) is 0 Å². The molecule has 82 valence electrons. The average Bonchev–Trinajstić information content (AvgIpc) is 2.70. The number of aryl methyl sites for hydroxylation is 1. The molecule has 0 spiro atoms. The van der Waals surface area contributed by atoms with Crippen LogP contribution in [0.15, 0.2) is 18.2 Å². The monoisotopic (exact) mass is 224 g/mol. The maximum absolute atomic E-state index is 6.01. The van der Waals surface area contributed by atoms with Crippen molar-refractivity contribution in [2.45, 2.75) is 13.3 Å². The van der Waals surface area contributed by atoms with Crippen molar-refractivity contribution in [3.8, 4) is 0 Å². The van der Waals surface area contributed by atoms with E-state index in [2.05, 4.69) is 24.0 Å². The Hall–Kier alpha value is -0.730. The number of benzene rings is 1. The zero-order valence-electron chi connectivity index (χ0n) is 9.04. The molecule has 1 aromatic rings. The van der Waals surface area contributed by atoms with Crippen molar-refractivity contribution in [2.75, 3.05) is 24.5 Å². The molecular formula is C12H17ClN2. The lowest BCUT2D eigenvalue weighted by molar-refractivity contribution is 0.602. The number of nitrogens with zero attached hydrogens (tertiary/aromatic N) is 1. The Balaban J connectivity index is 2.19. The van der Waals surface area contributed by atoms with Gasteiger partial charge >= 0.3 is 0 Å². The van der Waals surface area contributed by atoms with Gasteiger partial charge in [-0.3, -0.25) is 0 Å².